The van der Waals surface area contributed by atoms with Gasteiger partial charge >= 0.3 is 0 Å². The molecule has 1 aromatic rings. The minimum absolute atomic E-state index is 0.116. The Labute approximate surface area is 139 Å². The molecule has 2 aliphatic rings. The van der Waals surface area contributed by atoms with E-state index in [0.717, 1.165) is 24.0 Å². The minimum atomic E-state index is 0.116. The molecule has 1 N–H and O–H groups in total. The number of rotatable bonds is 7. The summed E-state index contributed by atoms with van der Waals surface area (Å²) in [6.45, 7) is 4.76. The Bertz CT molecular complexity index is 525. The largest absolute Gasteiger partial charge is 0.493 e. The van der Waals surface area contributed by atoms with E-state index < -0.39 is 0 Å². The van der Waals surface area contributed by atoms with E-state index in [4.69, 9.17) is 4.74 Å². The zero-order valence-electron chi connectivity index (χ0n) is 14.4. The van der Waals surface area contributed by atoms with Gasteiger partial charge < -0.3 is 10.1 Å². The van der Waals surface area contributed by atoms with E-state index in [0.29, 0.717) is 25.0 Å². The first kappa shape index (κ1) is 16.4. The molecule has 23 heavy (non-hydrogen) atoms. The van der Waals surface area contributed by atoms with Crippen LogP contribution in [-0.2, 0) is 11.2 Å². The van der Waals surface area contributed by atoms with Crippen molar-refractivity contribution in [1.82, 2.24) is 5.32 Å². The number of hydrogen-bond acceptors (Lipinski definition) is 2. The van der Waals surface area contributed by atoms with Crippen molar-refractivity contribution in [2.24, 2.45) is 17.8 Å². The van der Waals surface area contributed by atoms with Crippen LogP contribution in [0, 0.1) is 17.8 Å². The van der Waals surface area contributed by atoms with E-state index in [-0.39, 0.29) is 5.91 Å². The molecule has 0 heterocycles. The number of hydrogen-bond donors (Lipinski definition) is 1. The van der Waals surface area contributed by atoms with Crippen molar-refractivity contribution in [3.8, 4) is 5.75 Å². The first-order valence-electron chi connectivity index (χ1n) is 9.16. The average Bonchev–Trinajstić information content (AvgIpc) is 3.18. The summed E-state index contributed by atoms with van der Waals surface area (Å²) in [5.41, 5.74) is 1.30. The van der Waals surface area contributed by atoms with Gasteiger partial charge in [-0.05, 0) is 68.1 Å². The molecule has 0 aromatic heterocycles. The lowest BCUT2D eigenvalue weighted by Gasteiger charge is -2.28. The number of aryl methyl sites for hydroxylation is 1. The van der Waals surface area contributed by atoms with Crippen molar-refractivity contribution in [3.63, 3.8) is 0 Å². The molecular weight excluding hydrogens is 286 g/mol. The zero-order valence-corrected chi connectivity index (χ0v) is 14.4. The van der Waals surface area contributed by atoms with Gasteiger partial charge in [0.05, 0.1) is 13.0 Å². The normalized spacial score (nSPS) is 27.0. The zero-order chi connectivity index (χ0) is 16.2. The van der Waals surface area contributed by atoms with Crippen LogP contribution in [0.3, 0.4) is 0 Å². The van der Waals surface area contributed by atoms with Crippen molar-refractivity contribution in [3.05, 3.63) is 29.8 Å². The average molecular weight is 315 g/mol. The lowest BCUT2D eigenvalue weighted by atomic mass is 9.84. The predicted molar refractivity (Wildman–Crippen MR) is 92.5 cm³/mol. The van der Waals surface area contributed by atoms with Crippen LogP contribution in [0.1, 0.15) is 51.5 Å². The molecule has 4 atom stereocenters. The molecule has 2 saturated carbocycles. The Balaban J connectivity index is 1.37. The molecule has 0 radical (unpaired) electrons. The summed E-state index contributed by atoms with van der Waals surface area (Å²) in [5.74, 6) is 3.43. The maximum atomic E-state index is 12.1. The number of ether oxygens (including phenoxy) is 1. The van der Waals surface area contributed by atoms with Crippen molar-refractivity contribution in [2.45, 2.75) is 58.4 Å². The summed E-state index contributed by atoms with van der Waals surface area (Å²) in [7, 11) is 0. The molecular formula is C20H29NO2. The number of carbonyl (C=O) groups excluding carboxylic acids is 1. The summed E-state index contributed by atoms with van der Waals surface area (Å²) in [5, 5.41) is 3.19. The van der Waals surface area contributed by atoms with Crippen molar-refractivity contribution >= 4 is 5.91 Å². The Kier molecular flexibility index (Phi) is 5.24. The van der Waals surface area contributed by atoms with Gasteiger partial charge in [-0.3, -0.25) is 4.79 Å². The predicted octanol–water partition coefficient (Wildman–Crippen LogP) is 3.96. The topological polar surface area (TPSA) is 38.3 Å². The first-order chi connectivity index (χ1) is 11.2. The second-order valence-corrected chi connectivity index (χ2v) is 7.29. The summed E-state index contributed by atoms with van der Waals surface area (Å²) >= 11 is 0. The van der Waals surface area contributed by atoms with E-state index in [1.165, 1.54) is 31.2 Å². The number of fused-ring (bicyclic) bond motifs is 2. The molecule has 4 unspecified atom stereocenters. The van der Waals surface area contributed by atoms with Crippen LogP contribution in [-0.4, -0.2) is 18.6 Å². The SMILES string of the molecule is CCc1ccc(OCCC(=O)NC(C)C2CC3CCC2C3)cc1. The lowest BCUT2D eigenvalue weighted by molar-refractivity contribution is -0.122. The molecule has 2 aliphatic carbocycles. The van der Waals surface area contributed by atoms with Crippen LogP contribution in [0.2, 0.25) is 0 Å². The molecule has 126 valence electrons. The van der Waals surface area contributed by atoms with Gasteiger partial charge in [0.1, 0.15) is 5.75 Å². The van der Waals surface area contributed by atoms with Gasteiger partial charge in [0.15, 0.2) is 0 Å². The number of carbonyl (C=O) groups is 1. The van der Waals surface area contributed by atoms with Gasteiger partial charge in [-0.25, -0.2) is 0 Å². The Morgan fingerprint density at radius 1 is 1.26 bits per heavy atom. The Morgan fingerprint density at radius 2 is 2.04 bits per heavy atom. The van der Waals surface area contributed by atoms with Crippen LogP contribution in [0.5, 0.6) is 5.75 Å². The Morgan fingerprint density at radius 3 is 2.65 bits per heavy atom. The second kappa shape index (κ2) is 7.37. The smallest absolute Gasteiger partial charge is 0.223 e. The van der Waals surface area contributed by atoms with Gasteiger partial charge in [0.25, 0.3) is 0 Å². The highest BCUT2D eigenvalue weighted by Crippen LogP contribution is 2.49. The molecule has 3 nitrogen and oxygen atoms in total. The van der Waals surface area contributed by atoms with Crippen LogP contribution in [0.4, 0.5) is 0 Å². The highest BCUT2D eigenvalue weighted by Gasteiger charge is 2.42. The fourth-order valence-corrected chi connectivity index (χ4v) is 4.42. The highest BCUT2D eigenvalue weighted by molar-refractivity contribution is 5.76. The van der Waals surface area contributed by atoms with Crippen LogP contribution < -0.4 is 10.1 Å². The minimum Gasteiger partial charge on any atom is -0.493 e. The molecule has 1 amide bonds. The van der Waals surface area contributed by atoms with Crippen molar-refractivity contribution in [1.29, 1.82) is 0 Å². The van der Waals surface area contributed by atoms with Gasteiger partial charge in [-0.1, -0.05) is 25.5 Å². The number of benzene rings is 1. The summed E-state index contributed by atoms with van der Waals surface area (Å²) in [4.78, 5) is 12.1. The third-order valence-corrected chi connectivity index (χ3v) is 5.75. The van der Waals surface area contributed by atoms with E-state index in [1.807, 2.05) is 12.1 Å². The van der Waals surface area contributed by atoms with Gasteiger partial charge in [0, 0.05) is 6.04 Å². The van der Waals surface area contributed by atoms with Gasteiger partial charge in [-0.2, -0.15) is 0 Å². The maximum Gasteiger partial charge on any atom is 0.223 e. The van der Waals surface area contributed by atoms with E-state index >= 15 is 0 Å². The van der Waals surface area contributed by atoms with Crippen LogP contribution in [0.15, 0.2) is 24.3 Å². The fraction of sp³-hybridized carbons (Fsp3) is 0.650. The van der Waals surface area contributed by atoms with E-state index in [2.05, 4.69) is 31.3 Å². The number of nitrogens with one attached hydrogen (secondary N) is 1. The summed E-state index contributed by atoms with van der Waals surface area (Å²) < 4.78 is 5.67. The number of amides is 1. The molecule has 2 bridgehead atoms. The summed E-state index contributed by atoms with van der Waals surface area (Å²) in [6, 6.07) is 8.42. The van der Waals surface area contributed by atoms with Crippen LogP contribution in [0.25, 0.3) is 0 Å². The third-order valence-electron chi connectivity index (χ3n) is 5.75. The van der Waals surface area contributed by atoms with Gasteiger partial charge in [0.2, 0.25) is 5.91 Å². The van der Waals surface area contributed by atoms with Crippen molar-refractivity contribution < 1.29 is 9.53 Å². The van der Waals surface area contributed by atoms with Crippen LogP contribution >= 0.6 is 0 Å². The first-order valence-corrected chi connectivity index (χ1v) is 9.16. The third kappa shape index (κ3) is 4.07. The fourth-order valence-electron chi connectivity index (χ4n) is 4.42. The molecule has 3 heteroatoms. The molecule has 0 saturated heterocycles. The lowest BCUT2D eigenvalue weighted by Crippen LogP contribution is -2.40. The summed E-state index contributed by atoms with van der Waals surface area (Å²) in [6.07, 6.45) is 6.94. The maximum absolute atomic E-state index is 12.1. The Hall–Kier alpha value is -1.51. The van der Waals surface area contributed by atoms with E-state index in [9.17, 15) is 4.79 Å². The molecule has 0 spiro atoms. The monoisotopic (exact) mass is 315 g/mol. The highest BCUT2D eigenvalue weighted by atomic mass is 16.5. The molecule has 3 rings (SSSR count). The van der Waals surface area contributed by atoms with Gasteiger partial charge in [-0.15, -0.1) is 0 Å². The standard InChI is InChI=1S/C20H29NO2/c1-3-15-5-8-18(9-6-15)23-11-10-20(22)21-14(2)19-13-16-4-7-17(19)12-16/h5-6,8-9,14,16-17,19H,3-4,7,10-13H2,1-2H3,(H,21,22). The molecule has 2 fully saturated rings. The van der Waals surface area contributed by atoms with Crippen molar-refractivity contribution in [2.75, 3.05) is 6.61 Å². The van der Waals surface area contributed by atoms with E-state index in [1.54, 1.807) is 0 Å². The molecule has 1 aromatic carbocycles. The quantitative estimate of drug-likeness (QED) is 0.827. The second-order valence-electron chi connectivity index (χ2n) is 7.29. The molecule has 0 aliphatic heterocycles.